The predicted molar refractivity (Wildman–Crippen MR) is 89.0 cm³/mol. The van der Waals surface area contributed by atoms with Crippen LogP contribution in [0.2, 0.25) is 0 Å². The van der Waals surface area contributed by atoms with Crippen molar-refractivity contribution >= 4 is 27.7 Å². The van der Waals surface area contributed by atoms with Crippen LogP contribution in [-0.2, 0) is 0 Å². The van der Waals surface area contributed by atoms with E-state index < -0.39 is 0 Å². The molecule has 0 saturated heterocycles. The minimum Gasteiger partial charge on any atom is -0.313 e. The topological polar surface area (TPSA) is 62.7 Å². The van der Waals surface area contributed by atoms with Crippen LogP contribution in [0.4, 0.5) is 0 Å². The Morgan fingerprint density at radius 3 is 2.67 bits per heavy atom. The lowest BCUT2D eigenvalue weighted by Crippen LogP contribution is -2.19. The van der Waals surface area contributed by atoms with Gasteiger partial charge in [0.1, 0.15) is 0 Å². The van der Waals surface area contributed by atoms with Crippen LogP contribution >= 0.6 is 27.7 Å². The Balaban J connectivity index is 2.29. The van der Waals surface area contributed by atoms with Crippen molar-refractivity contribution in [3.63, 3.8) is 0 Å². The number of aromatic amines is 1. The number of hydrogen-bond acceptors (Lipinski definition) is 4. The van der Waals surface area contributed by atoms with E-state index in [0.29, 0.717) is 5.16 Å². The molecule has 2 aromatic rings. The molecule has 0 bridgehead atoms. The summed E-state index contributed by atoms with van der Waals surface area (Å²) in [6.07, 6.45) is 0. The minimum atomic E-state index is -0.174. The number of benzene rings is 1. The van der Waals surface area contributed by atoms with Crippen LogP contribution in [-0.4, -0.2) is 21.8 Å². The molecule has 0 aliphatic rings. The summed E-state index contributed by atoms with van der Waals surface area (Å²) in [6, 6.07) is 6.53. The number of halogens is 1. The van der Waals surface area contributed by atoms with Crippen LogP contribution < -0.4 is 11.0 Å². The second kappa shape index (κ2) is 6.81. The van der Waals surface area contributed by atoms with Gasteiger partial charge in [0.05, 0.1) is 0 Å². The van der Waals surface area contributed by atoms with E-state index in [1.807, 2.05) is 27.0 Å². The van der Waals surface area contributed by atoms with Crippen molar-refractivity contribution in [3.8, 4) is 0 Å². The summed E-state index contributed by atoms with van der Waals surface area (Å²) < 4.78 is 2.70. The first-order valence-electron chi connectivity index (χ1n) is 6.75. The monoisotopic (exact) mass is 370 g/mol. The molecular weight excluding hydrogens is 352 g/mol. The number of H-pyrrole nitrogens is 1. The van der Waals surface area contributed by atoms with E-state index in [-0.39, 0.29) is 17.8 Å². The number of aromatic nitrogens is 3. The molecule has 2 rings (SSSR count). The molecule has 1 aromatic carbocycles. The molecule has 2 N–H and O–H groups in total. The Labute approximate surface area is 136 Å². The summed E-state index contributed by atoms with van der Waals surface area (Å²) in [6.45, 7) is 6.04. The first-order chi connectivity index (χ1) is 9.93. The molecular formula is C14H19BrN4OS. The molecule has 1 unspecified atom stereocenters. The molecule has 114 valence electrons. The first-order valence-corrected chi connectivity index (χ1v) is 8.36. The molecule has 5 nitrogen and oxygen atoms in total. The van der Waals surface area contributed by atoms with Crippen molar-refractivity contribution in [2.24, 2.45) is 0 Å². The average molecular weight is 371 g/mol. The van der Waals surface area contributed by atoms with Gasteiger partial charge in [0, 0.05) is 21.5 Å². The van der Waals surface area contributed by atoms with E-state index in [0.717, 1.165) is 9.37 Å². The van der Waals surface area contributed by atoms with Crippen LogP contribution in [0.25, 0.3) is 0 Å². The summed E-state index contributed by atoms with van der Waals surface area (Å²) in [5, 5.41) is 10.5. The maximum atomic E-state index is 11.7. The van der Waals surface area contributed by atoms with Gasteiger partial charge in [-0.3, -0.25) is 4.57 Å². The standard InChI is InChI=1S/C14H19BrN4OS/c1-8(2)19-13(20)17-18-14(19)21-10-5-6-11(9(3)16-4)12(15)7-10/h5-9,16H,1-4H3,(H,17,20). The Hall–Kier alpha value is -1.05. The summed E-state index contributed by atoms with van der Waals surface area (Å²) >= 11 is 5.08. The van der Waals surface area contributed by atoms with Crippen LogP contribution in [0.1, 0.15) is 38.4 Å². The quantitative estimate of drug-likeness (QED) is 0.846. The molecule has 0 spiro atoms. The third-order valence-electron chi connectivity index (χ3n) is 3.27. The number of rotatable bonds is 5. The smallest absolute Gasteiger partial charge is 0.313 e. The molecule has 7 heteroatoms. The fourth-order valence-corrected chi connectivity index (χ4v) is 3.88. The van der Waals surface area contributed by atoms with Gasteiger partial charge in [0.2, 0.25) is 0 Å². The number of nitrogens with one attached hydrogen (secondary N) is 2. The fourth-order valence-electron chi connectivity index (χ4n) is 2.00. The van der Waals surface area contributed by atoms with Gasteiger partial charge in [-0.05, 0) is 57.3 Å². The normalized spacial score (nSPS) is 12.9. The Morgan fingerprint density at radius 1 is 1.38 bits per heavy atom. The predicted octanol–water partition coefficient (Wildman–Crippen LogP) is 3.35. The molecule has 0 fully saturated rings. The van der Waals surface area contributed by atoms with Crippen molar-refractivity contribution < 1.29 is 0 Å². The summed E-state index contributed by atoms with van der Waals surface area (Å²) in [5.74, 6) is 0. The van der Waals surface area contributed by atoms with Crippen molar-refractivity contribution in [1.29, 1.82) is 0 Å². The highest BCUT2D eigenvalue weighted by molar-refractivity contribution is 9.10. The van der Waals surface area contributed by atoms with Crippen molar-refractivity contribution in [3.05, 3.63) is 38.7 Å². The lowest BCUT2D eigenvalue weighted by molar-refractivity contribution is 0.534. The zero-order valence-corrected chi connectivity index (χ0v) is 14.9. The van der Waals surface area contributed by atoms with E-state index in [4.69, 9.17) is 0 Å². The molecule has 1 atom stereocenters. The Kier molecular flexibility index (Phi) is 5.29. The Bertz CT molecular complexity index is 680. The zero-order chi connectivity index (χ0) is 15.6. The van der Waals surface area contributed by atoms with Gasteiger partial charge >= 0.3 is 5.69 Å². The Morgan fingerprint density at radius 2 is 2.10 bits per heavy atom. The van der Waals surface area contributed by atoms with Gasteiger partial charge in [-0.1, -0.05) is 22.0 Å². The third kappa shape index (κ3) is 3.59. The molecule has 1 aromatic heterocycles. The maximum Gasteiger partial charge on any atom is 0.344 e. The van der Waals surface area contributed by atoms with E-state index in [2.05, 4.69) is 50.5 Å². The second-order valence-electron chi connectivity index (χ2n) is 5.07. The van der Waals surface area contributed by atoms with Gasteiger partial charge in [0.15, 0.2) is 5.16 Å². The molecule has 21 heavy (non-hydrogen) atoms. The summed E-state index contributed by atoms with van der Waals surface area (Å²) in [4.78, 5) is 12.8. The number of nitrogens with zero attached hydrogens (tertiary/aromatic N) is 2. The molecule has 0 radical (unpaired) electrons. The largest absolute Gasteiger partial charge is 0.344 e. The van der Waals surface area contributed by atoms with E-state index in [9.17, 15) is 4.79 Å². The highest BCUT2D eigenvalue weighted by Crippen LogP contribution is 2.32. The molecule has 1 heterocycles. The van der Waals surface area contributed by atoms with Gasteiger partial charge in [-0.15, -0.1) is 5.10 Å². The third-order valence-corrected chi connectivity index (χ3v) is 4.92. The molecule has 0 saturated carbocycles. The average Bonchev–Trinajstić information content (AvgIpc) is 2.79. The lowest BCUT2D eigenvalue weighted by Gasteiger charge is -2.14. The van der Waals surface area contributed by atoms with Gasteiger partial charge < -0.3 is 5.32 Å². The van der Waals surface area contributed by atoms with Gasteiger partial charge in [-0.25, -0.2) is 9.89 Å². The molecule has 0 amide bonds. The van der Waals surface area contributed by atoms with Gasteiger partial charge in [0.25, 0.3) is 0 Å². The van der Waals surface area contributed by atoms with Crippen LogP contribution in [0.5, 0.6) is 0 Å². The second-order valence-corrected chi connectivity index (χ2v) is 6.97. The summed E-state index contributed by atoms with van der Waals surface area (Å²) in [5.41, 5.74) is 1.03. The fraction of sp³-hybridized carbons (Fsp3) is 0.429. The molecule has 0 aliphatic carbocycles. The van der Waals surface area contributed by atoms with Crippen LogP contribution in [0.15, 0.2) is 37.5 Å². The zero-order valence-electron chi connectivity index (χ0n) is 12.5. The van der Waals surface area contributed by atoms with Crippen molar-refractivity contribution in [2.45, 2.75) is 42.9 Å². The van der Waals surface area contributed by atoms with Crippen molar-refractivity contribution in [2.75, 3.05) is 7.05 Å². The van der Waals surface area contributed by atoms with Crippen LogP contribution in [0, 0.1) is 0 Å². The van der Waals surface area contributed by atoms with Crippen molar-refractivity contribution in [1.82, 2.24) is 20.1 Å². The number of hydrogen-bond donors (Lipinski definition) is 2. The van der Waals surface area contributed by atoms with Crippen LogP contribution in [0.3, 0.4) is 0 Å². The lowest BCUT2D eigenvalue weighted by atomic mass is 10.1. The summed E-state index contributed by atoms with van der Waals surface area (Å²) in [7, 11) is 1.94. The minimum absolute atomic E-state index is 0.0748. The molecule has 0 aliphatic heterocycles. The van der Waals surface area contributed by atoms with Gasteiger partial charge in [-0.2, -0.15) is 0 Å². The van der Waals surface area contributed by atoms with E-state index >= 15 is 0 Å². The van der Waals surface area contributed by atoms with E-state index in [1.165, 1.54) is 17.3 Å². The highest BCUT2D eigenvalue weighted by Gasteiger charge is 2.14. The van der Waals surface area contributed by atoms with E-state index in [1.54, 1.807) is 4.57 Å². The SMILES string of the molecule is CNC(C)c1ccc(Sc2n[nH]c(=O)n2C(C)C)cc1Br. The maximum absolute atomic E-state index is 11.7. The first kappa shape index (κ1) is 16.3. The highest BCUT2D eigenvalue weighted by atomic mass is 79.9.